The van der Waals surface area contributed by atoms with Crippen LogP contribution in [0.4, 0.5) is 4.39 Å². The summed E-state index contributed by atoms with van der Waals surface area (Å²) in [5, 5.41) is 9.52. The van der Waals surface area contributed by atoms with Crippen LogP contribution in [0.5, 0.6) is 0 Å². The smallest absolute Gasteiger partial charge is 0.306 e. The van der Waals surface area contributed by atoms with Gasteiger partial charge in [-0.1, -0.05) is 44.5 Å². The van der Waals surface area contributed by atoms with Gasteiger partial charge < -0.3 is 5.11 Å². The molecule has 1 fully saturated rings. The Hall–Kier alpha value is -1.13. The van der Waals surface area contributed by atoms with Crippen molar-refractivity contribution in [3.63, 3.8) is 0 Å². The summed E-state index contributed by atoms with van der Waals surface area (Å²) in [7, 11) is 0. The lowest BCUT2D eigenvalue weighted by atomic mass is 9.66. The van der Waals surface area contributed by atoms with Gasteiger partial charge in [0.1, 0.15) is 5.82 Å². The number of carboxylic acids is 1. The second kappa shape index (κ2) is 6.40. The summed E-state index contributed by atoms with van der Waals surface area (Å²) in [6, 6.07) is 5.03. The van der Waals surface area contributed by atoms with Crippen LogP contribution < -0.4 is 0 Å². The number of nitrogens with zero attached hydrogens (tertiary/aromatic N) is 1. The normalized spacial score (nSPS) is 26.3. The zero-order chi connectivity index (χ0) is 17.4. The monoisotopic (exact) mass is 341 g/mol. The summed E-state index contributed by atoms with van der Waals surface area (Å²) in [4.78, 5) is 13.6. The van der Waals surface area contributed by atoms with Crippen molar-refractivity contribution in [1.29, 1.82) is 0 Å². The summed E-state index contributed by atoms with van der Waals surface area (Å²) < 4.78 is 14.3. The van der Waals surface area contributed by atoms with E-state index in [1.165, 1.54) is 0 Å². The number of hydrogen-bond acceptors (Lipinski definition) is 2. The van der Waals surface area contributed by atoms with Crippen LogP contribution in [0.1, 0.15) is 46.1 Å². The maximum atomic E-state index is 14.3. The predicted molar refractivity (Wildman–Crippen MR) is 90.0 cm³/mol. The highest BCUT2D eigenvalue weighted by Crippen LogP contribution is 2.45. The number of halogens is 2. The first-order valence-electron chi connectivity index (χ1n) is 7.97. The highest BCUT2D eigenvalue weighted by molar-refractivity contribution is 6.30. The molecule has 0 saturated carbocycles. The van der Waals surface area contributed by atoms with Gasteiger partial charge in [0, 0.05) is 17.6 Å². The van der Waals surface area contributed by atoms with Crippen molar-refractivity contribution in [1.82, 2.24) is 4.90 Å². The van der Waals surface area contributed by atoms with E-state index in [2.05, 4.69) is 32.6 Å². The van der Waals surface area contributed by atoms with Crippen LogP contribution in [-0.4, -0.2) is 28.1 Å². The van der Waals surface area contributed by atoms with Gasteiger partial charge in [-0.05, 0) is 37.8 Å². The lowest BCUT2D eigenvalue weighted by Crippen LogP contribution is -2.59. The van der Waals surface area contributed by atoms with E-state index in [9.17, 15) is 14.3 Å². The molecule has 0 aromatic heterocycles. The summed E-state index contributed by atoms with van der Waals surface area (Å²) >= 11 is 5.89. The second-order valence-electron chi connectivity index (χ2n) is 7.69. The molecule has 2 atom stereocenters. The van der Waals surface area contributed by atoms with E-state index in [-0.39, 0.29) is 27.7 Å². The van der Waals surface area contributed by atoms with E-state index in [1.54, 1.807) is 18.2 Å². The lowest BCUT2D eigenvalue weighted by molar-refractivity contribution is -0.148. The van der Waals surface area contributed by atoms with E-state index in [4.69, 9.17) is 11.6 Å². The lowest BCUT2D eigenvalue weighted by Gasteiger charge is -2.54. The van der Waals surface area contributed by atoms with Gasteiger partial charge in [-0.15, -0.1) is 0 Å². The first-order chi connectivity index (χ1) is 10.6. The van der Waals surface area contributed by atoms with Crippen molar-refractivity contribution < 1.29 is 14.3 Å². The van der Waals surface area contributed by atoms with Crippen molar-refractivity contribution in [2.24, 2.45) is 11.3 Å². The molecular formula is C18H25ClFNO2. The third-order valence-corrected chi connectivity index (χ3v) is 5.74. The first-order valence-corrected chi connectivity index (χ1v) is 8.35. The number of piperidine rings is 1. The molecule has 0 amide bonds. The number of benzene rings is 1. The number of hydrogen-bond donors (Lipinski definition) is 1. The van der Waals surface area contributed by atoms with Crippen LogP contribution in [0.15, 0.2) is 18.2 Å². The summed E-state index contributed by atoms with van der Waals surface area (Å²) in [5.74, 6) is -1.47. The van der Waals surface area contributed by atoms with Crippen molar-refractivity contribution >= 4 is 17.6 Å². The predicted octanol–water partition coefficient (Wildman–Crippen LogP) is 4.58. The molecule has 0 bridgehead atoms. The van der Waals surface area contributed by atoms with E-state index < -0.39 is 5.97 Å². The molecule has 2 rings (SSSR count). The number of rotatable bonds is 3. The molecule has 23 heavy (non-hydrogen) atoms. The minimum atomic E-state index is -0.742. The second-order valence-corrected chi connectivity index (χ2v) is 8.09. The topological polar surface area (TPSA) is 40.5 Å². The van der Waals surface area contributed by atoms with E-state index >= 15 is 0 Å². The Morgan fingerprint density at radius 3 is 2.70 bits per heavy atom. The van der Waals surface area contributed by atoms with Crippen LogP contribution in [0, 0.1) is 17.2 Å². The van der Waals surface area contributed by atoms with Gasteiger partial charge in [0.05, 0.1) is 10.9 Å². The average molecular weight is 342 g/mol. The van der Waals surface area contributed by atoms with E-state index in [0.29, 0.717) is 31.5 Å². The van der Waals surface area contributed by atoms with Gasteiger partial charge in [-0.3, -0.25) is 9.69 Å². The molecule has 0 aliphatic carbocycles. The SMILES string of the molecule is CC(C)(C)C1(C)CC(C(=O)O)CCN1Cc1cccc(Cl)c1F. The van der Waals surface area contributed by atoms with Crippen LogP contribution in [-0.2, 0) is 11.3 Å². The fourth-order valence-corrected chi connectivity index (χ4v) is 3.58. The summed E-state index contributed by atoms with van der Waals surface area (Å²) in [6.45, 7) is 9.49. The number of aliphatic carboxylic acids is 1. The summed E-state index contributed by atoms with van der Waals surface area (Å²) in [6.07, 6.45) is 1.15. The molecular weight excluding hydrogens is 317 g/mol. The minimum absolute atomic E-state index is 0.125. The first kappa shape index (κ1) is 18.2. The number of carboxylic acid groups (broad SMARTS) is 1. The molecule has 1 saturated heterocycles. The Morgan fingerprint density at radius 1 is 1.48 bits per heavy atom. The van der Waals surface area contributed by atoms with Crippen molar-refractivity contribution in [3.8, 4) is 0 Å². The zero-order valence-electron chi connectivity index (χ0n) is 14.2. The molecule has 0 radical (unpaired) electrons. The molecule has 3 nitrogen and oxygen atoms in total. The van der Waals surface area contributed by atoms with Gasteiger partial charge in [0.2, 0.25) is 0 Å². The Labute approximate surface area is 142 Å². The molecule has 1 aliphatic rings. The Morgan fingerprint density at radius 2 is 2.13 bits per heavy atom. The minimum Gasteiger partial charge on any atom is -0.481 e. The molecule has 1 aromatic rings. The molecule has 0 spiro atoms. The fraction of sp³-hybridized carbons (Fsp3) is 0.611. The Kier molecular flexibility index (Phi) is 5.07. The van der Waals surface area contributed by atoms with Crippen molar-refractivity contribution in [3.05, 3.63) is 34.6 Å². The third kappa shape index (κ3) is 3.53. The molecule has 1 aliphatic heterocycles. The average Bonchev–Trinajstić information content (AvgIpc) is 2.44. The summed E-state index contributed by atoms with van der Waals surface area (Å²) in [5.41, 5.74) is 0.0981. The van der Waals surface area contributed by atoms with E-state index in [0.717, 1.165) is 0 Å². The van der Waals surface area contributed by atoms with Crippen LogP contribution in [0.3, 0.4) is 0 Å². The quantitative estimate of drug-likeness (QED) is 0.874. The van der Waals surface area contributed by atoms with Crippen molar-refractivity contribution in [2.45, 2.75) is 52.6 Å². The molecule has 1 aromatic carbocycles. The van der Waals surface area contributed by atoms with Gasteiger partial charge in [-0.25, -0.2) is 4.39 Å². The van der Waals surface area contributed by atoms with Crippen LogP contribution in [0.2, 0.25) is 5.02 Å². The van der Waals surface area contributed by atoms with Crippen molar-refractivity contribution in [2.75, 3.05) is 6.54 Å². The molecule has 1 heterocycles. The van der Waals surface area contributed by atoms with E-state index in [1.807, 2.05) is 0 Å². The number of carbonyl (C=O) groups is 1. The molecule has 1 N–H and O–H groups in total. The molecule has 128 valence electrons. The fourth-order valence-electron chi connectivity index (χ4n) is 3.39. The standard InChI is InChI=1S/C18H25ClFNO2/c1-17(2,3)18(4)10-12(16(22)23)8-9-21(18)11-13-6-5-7-14(19)15(13)20/h5-7,12H,8-11H2,1-4H3,(H,22,23). The van der Waals surface area contributed by atoms with Gasteiger partial charge in [0.15, 0.2) is 0 Å². The van der Waals surface area contributed by atoms with Gasteiger partial charge in [-0.2, -0.15) is 0 Å². The molecule has 2 unspecified atom stereocenters. The maximum absolute atomic E-state index is 14.3. The molecule has 5 heteroatoms. The zero-order valence-corrected chi connectivity index (χ0v) is 15.0. The Balaban J connectivity index is 2.32. The highest BCUT2D eigenvalue weighted by atomic mass is 35.5. The largest absolute Gasteiger partial charge is 0.481 e. The van der Waals surface area contributed by atoms with Crippen LogP contribution in [0.25, 0.3) is 0 Å². The maximum Gasteiger partial charge on any atom is 0.306 e. The third-order valence-electron chi connectivity index (χ3n) is 5.45. The van der Waals surface area contributed by atoms with Gasteiger partial charge in [0.25, 0.3) is 0 Å². The van der Waals surface area contributed by atoms with Crippen LogP contribution >= 0.6 is 11.6 Å². The van der Waals surface area contributed by atoms with Gasteiger partial charge >= 0.3 is 5.97 Å². The highest BCUT2D eigenvalue weighted by Gasteiger charge is 2.48. The number of likely N-dealkylation sites (tertiary alicyclic amines) is 1. The Bertz CT molecular complexity index is 599.